The third kappa shape index (κ3) is 7.87. The van der Waals surface area contributed by atoms with E-state index in [0.29, 0.717) is 41.9 Å². The zero-order chi connectivity index (χ0) is 30.2. The molecular weight excluding hydrogens is 544 g/mol. The van der Waals surface area contributed by atoms with Crippen LogP contribution in [0, 0.1) is 0 Å². The molecule has 0 atom stereocenters. The molecule has 0 unspecified atom stereocenters. The van der Waals surface area contributed by atoms with Gasteiger partial charge in [-0.25, -0.2) is 4.79 Å². The highest BCUT2D eigenvalue weighted by Crippen LogP contribution is 2.28. The van der Waals surface area contributed by atoms with Gasteiger partial charge in [0, 0.05) is 25.2 Å². The summed E-state index contributed by atoms with van der Waals surface area (Å²) in [4.78, 5) is 41.6. The minimum absolute atomic E-state index is 0.110. The summed E-state index contributed by atoms with van der Waals surface area (Å²) in [6.07, 6.45) is 1.04. The van der Waals surface area contributed by atoms with Crippen LogP contribution < -0.4 is 5.32 Å². The maximum absolute atomic E-state index is 12.7. The lowest BCUT2D eigenvalue weighted by Crippen LogP contribution is -2.48. The number of benzene rings is 3. The Morgan fingerprint density at radius 2 is 1.40 bits per heavy atom. The number of fused-ring (bicyclic) bond motifs is 1. The Morgan fingerprint density at radius 1 is 0.791 bits per heavy atom. The summed E-state index contributed by atoms with van der Waals surface area (Å²) < 4.78 is 12.3. The number of imide groups is 1. The fourth-order valence-corrected chi connectivity index (χ4v) is 5.54. The summed E-state index contributed by atoms with van der Waals surface area (Å²) >= 11 is 0. The number of hydrogen-bond donors (Lipinski definition) is 1. The summed E-state index contributed by atoms with van der Waals surface area (Å²) in [6, 6.07) is 24.7. The standard InChI is InChI=1S/C34H40N4O5/c1-38(2,22-20-37-32(39)29-13-6-7-14-30(29)33(37)40)23-25-42-24-21-36-18-16-27(17-19-36)43-34(41)35-31-15-9-8-12-28(31)26-10-4-3-5-11-26/h3-15,27H,16-25H2,1-2H3/p+1. The van der Waals surface area contributed by atoms with Gasteiger partial charge in [0.2, 0.25) is 0 Å². The largest absolute Gasteiger partial charge is 0.446 e. The highest BCUT2D eigenvalue weighted by molar-refractivity contribution is 6.21. The van der Waals surface area contributed by atoms with Crippen molar-refractivity contribution in [2.45, 2.75) is 18.9 Å². The van der Waals surface area contributed by atoms with E-state index < -0.39 is 6.09 Å². The number of quaternary nitrogens is 1. The Hall–Kier alpha value is -4.05. The molecule has 5 rings (SSSR count). The first-order valence-corrected chi connectivity index (χ1v) is 15.0. The van der Waals surface area contributed by atoms with Crippen molar-refractivity contribution >= 4 is 23.6 Å². The van der Waals surface area contributed by atoms with Crippen molar-refractivity contribution in [3.8, 4) is 11.1 Å². The number of nitrogens with one attached hydrogen (secondary N) is 1. The van der Waals surface area contributed by atoms with Crippen molar-refractivity contribution in [2.24, 2.45) is 0 Å². The van der Waals surface area contributed by atoms with E-state index in [1.165, 1.54) is 4.90 Å². The molecule has 9 nitrogen and oxygen atoms in total. The molecule has 1 N–H and O–H groups in total. The number of amides is 3. The Balaban J connectivity index is 0.960. The lowest BCUT2D eigenvalue weighted by Gasteiger charge is -2.32. The fourth-order valence-electron chi connectivity index (χ4n) is 5.54. The van der Waals surface area contributed by atoms with Crippen molar-refractivity contribution in [2.75, 3.05) is 71.9 Å². The van der Waals surface area contributed by atoms with Gasteiger partial charge >= 0.3 is 6.09 Å². The van der Waals surface area contributed by atoms with Crippen LogP contribution in [0.4, 0.5) is 10.5 Å². The summed E-state index contributed by atoms with van der Waals surface area (Å²) in [5, 5.41) is 2.93. The normalized spacial score (nSPS) is 15.9. The highest BCUT2D eigenvalue weighted by Gasteiger charge is 2.36. The van der Waals surface area contributed by atoms with Crippen LogP contribution in [-0.2, 0) is 9.47 Å². The molecule has 0 spiro atoms. The summed E-state index contributed by atoms with van der Waals surface area (Å²) in [6.45, 7) is 5.57. The van der Waals surface area contributed by atoms with Crippen LogP contribution in [0.5, 0.6) is 0 Å². The number of carbonyl (C=O) groups is 3. The van der Waals surface area contributed by atoms with E-state index in [2.05, 4.69) is 24.3 Å². The lowest BCUT2D eigenvalue weighted by molar-refractivity contribution is -0.889. The predicted molar refractivity (Wildman–Crippen MR) is 166 cm³/mol. The second-order valence-electron chi connectivity index (χ2n) is 11.8. The summed E-state index contributed by atoms with van der Waals surface area (Å²) in [7, 11) is 4.17. The van der Waals surface area contributed by atoms with Gasteiger partial charge in [-0.1, -0.05) is 60.7 Å². The molecule has 9 heteroatoms. The molecule has 0 aliphatic carbocycles. The number of rotatable bonds is 12. The zero-order valence-electron chi connectivity index (χ0n) is 25.0. The number of likely N-dealkylation sites (N-methyl/N-ethyl adjacent to an activating group) is 1. The smallest absolute Gasteiger partial charge is 0.411 e. The van der Waals surface area contributed by atoms with Crippen LogP contribution in [0.3, 0.4) is 0 Å². The van der Waals surface area contributed by atoms with Gasteiger partial charge < -0.3 is 18.9 Å². The summed E-state index contributed by atoms with van der Waals surface area (Å²) in [5.74, 6) is -0.417. The van der Waals surface area contributed by atoms with Gasteiger partial charge in [-0.05, 0) is 36.6 Å². The number of likely N-dealkylation sites (tertiary alicyclic amines) is 1. The van der Waals surface area contributed by atoms with Crippen molar-refractivity contribution in [3.05, 3.63) is 90.0 Å². The number of carbonyl (C=O) groups excluding carboxylic acids is 3. The molecule has 0 bridgehead atoms. The molecule has 0 saturated carbocycles. The van der Waals surface area contributed by atoms with Crippen LogP contribution in [0.15, 0.2) is 78.9 Å². The molecular formula is C34H41N4O5+. The van der Waals surface area contributed by atoms with Gasteiger partial charge in [0.15, 0.2) is 0 Å². The number of hydrogen-bond acceptors (Lipinski definition) is 6. The Kier molecular flexibility index (Phi) is 9.86. The van der Waals surface area contributed by atoms with Gasteiger partial charge in [0.05, 0.1) is 57.2 Å². The van der Waals surface area contributed by atoms with Crippen molar-refractivity contribution < 1.29 is 28.3 Å². The molecule has 3 amide bonds. The molecule has 2 aliphatic rings. The monoisotopic (exact) mass is 585 g/mol. The van der Waals surface area contributed by atoms with E-state index in [4.69, 9.17) is 9.47 Å². The van der Waals surface area contributed by atoms with E-state index in [1.807, 2.05) is 54.6 Å². The van der Waals surface area contributed by atoms with Crippen LogP contribution >= 0.6 is 0 Å². The summed E-state index contributed by atoms with van der Waals surface area (Å²) in [5.41, 5.74) is 3.71. The van der Waals surface area contributed by atoms with Crippen LogP contribution in [0.1, 0.15) is 33.6 Å². The van der Waals surface area contributed by atoms with Crippen LogP contribution in [-0.4, -0.2) is 105 Å². The van der Waals surface area contributed by atoms with Gasteiger partial charge in [0.1, 0.15) is 12.6 Å². The van der Waals surface area contributed by atoms with E-state index in [9.17, 15) is 14.4 Å². The second kappa shape index (κ2) is 13.9. The maximum Gasteiger partial charge on any atom is 0.411 e. The number of para-hydroxylation sites is 1. The average molecular weight is 586 g/mol. The molecule has 0 radical (unpaired) electrons. The molecule has 2 aliphatic heterocycles. The van der Waals surface area contributed by atoms with Crippen molar-refractivity contribution in [1.29, 1.82) is 0 Å². The molecule has 2 heterocycles. The number of nitrogens with zero attached hydrogens (tertiary/aromatic N) is 3. The van der Waals surface area contributed by atoms with Gasteiger partial charge in [-0.3, -0.25) is 19.8 Å². The van der Waals surface area contributed by atoms with Gasteiger partial charge in [-0.15, -0.1) is 0 Å². The third-order valence-corrected chi connectivity index (χ3v) is 8.26. The van der Waals surface area contributed by atoms with Gasteiger partial charge in [-0.2, -0.15) is 0 Å². The molecule has 3 aromatic carbocycles. The lowest BCUT2D eigenvalue weighted by atomic mass is 10.0. The molecule has 226 valence electrons. The minimum atomic E-state index is -0.422. The maximum atomic E-state index is 12.7. The highest BCUT2D eigenvalue weighted by atomic mass is 16.6. The Labute approximate surface area is 253 Å². The second-order valence-corrected chi connectivity index (χ2v) is 11.8. The first-order chi connectivity index (χ1) is 20.8. The van der Waals surface area contributed by atoms with Crippen molar-refractivity contribution in [1.82, 2.24) is 9.80 Å². The van der Waals surface area contributed by atoms with E-state index in [-0.39, 0.29) is 17.9 Å². The molecule has 0 aromatic heterocycles. The van der Waals surface area contributed by atoms with Gasteiger partial charge in [0.25, 0.3) is 11.8 Å². The van der Waals surface area contributed by atoms with Crippen LogP contribution in [0.25, 0.3) is 11.1 Å². The van der Waals surface area contributed by atoms with Crippen molar-refractivity contribution in [3.63, 3.8) is 0 Å². The number of piperidine rings is 1. The number of ether oxygens (including phenoxy) is 2. The average Bonchev–Trinajstić information content (AvgIpc) is 3.26. The quantitative estimate of drug-likeness (QED) is 0.188. The fraction of sp³-hybridized carbons (Fsp3) is 0.382. The molecule has 1 fully saturated rings. The van der Waals surface area contributed by atoms with Crippen LogP contribution in [0.2, 0.25) is 0 Å². The molecule has 1 saturated heterocycles. The van der Waals surface area contributed by atoms with E-state index in [0.717, 1.165) is 55.8 Å². The van der Waals surface area contributed by atoms with E-state index >= 15 is 0 Å². The third-order valence-electron chi connectivity index (χ3n) is 8.26. The van der Waals surface area contributed by atoms with E-state index in [1.54, 1.807) is 24.3 Å². The topological polar surface area (TPSA) is 88.2 Å². The Morgan fingerprint density at radius 3 is 2.07 bits per heavy atom. The molecule has 43 heavy (non-hydrogen) atoms. The Bertz CT molecular complexity index is 1380. The minimum Gasteiger partial charge on any atom is -0.446 e. The predicted octanol–water partition coefficient (Wildman–Crippen LogP) is 4.76. The molecule has 3 aromatic rings. The first kappa shape index (κ1) is 30.4. The zero-order valence-corrected chi connectivity index (χ0v) is 25.0. The SMILES string of the molecule is C[N+](C)(CCOCCN1CCC(OC(=O)Nc2ccccc2-c2ccccc2)CC1)CCN1C(=O)c2ccccc2C1=O. The number of anilines is 1. The first-order valence-electron chi connectivity index (χ1n) is 15.0.